The van der Waals surface area contributed by atoms with Gasteiger partial charge in [-0.1, -0.05) is 47.5 Å². The van der Waals surface area contributed by atoms with Crippen LogP contribution in [0.15, 0.2) is 78.3 Å². The number of hydrogen-bond acceptors (Lipinski definition) is 7. The van der Waals surface area contributed by atoms with E-state index < -0.39 is 6.04 Å². The molecule has 2 N–H and O–H groups in total. The maximum absolute atomic E-state index is 13.8. The summed E-state index contributed by atoms with van der Waals surface area (Å²) in [6, 6.07) is 17.5. The SMILES string of the molecule is CCOc1cc([C@@H]2C(C(=O)Nc3ccccc3OC)=C(C)Nc3ncnn32)ccc1OCc1c(Cl)cccc1Cl. The first-order chi connectivity index (χ1) is 19.4. The fourth-order valence-electron chi connectivity index (χ4n) is 4.53. The highest BCUT2D eigenvalue weighted by atomic mass is 35.5. The molecular formula is C29H27Cl2N5O4. The van der Waals surface area contributed by atoms with Crippen molar-refractivity contribution in [1.29, 1.82) is 0 Å². The zero-order valence-electron chi connectivity index (χ0n) is 22.1. The van der Waals surface area contributed by atoms with Crippen LogP contribution < -0.4 is 24.8 Å². The van der Waals surface area contributed by atoms with E-state index >= 15 is 0 Å². The Hall–Kier alpha value is -4.21. The molecule has 1 amide bonds. The van der Waals surface area contributed by atoms with E-state index in [0.717, 1.165) is 5.56 Å². The lowest BCUT2D eigenvalue weighted by atomic mass is 9.94. The second kappa shape index (κ2) is 11.9. The zero-order chi connectivity index (χ0) is 28.2. The third kappa shape index (κ3) is 5.43. The van der Waals surface area contributed by atoms with Crippen molar-refractivity contribution in [1.82, 2.24) is 14.8 Å². The second-order valence-corrected chi connectivity index (χ2v) is 9.69. The fourth-order valence-corrected chi connectivity index (χ4v) is 5.04. The van der Waals surface area contributed by atoms with Gasteiger partial charge in [0.15, 0.2) is 11.5 Å². The van der Waals surface area contributed by atoms with Gasteiger partial charge in [-0.15, -0.1) is 0 Å². The number of benzene rings is 3. The number of para-hydroxylation sites is 2. The van der Waals surface area contributed by atoms with Crippen LogP contribution in [0.2, 0.25) is 10.0 Å². The molecule has 0 spiro atoms. The van der Waals surface area contributed by atoms with Gasteiger partial charge < -0.3 is 24.8 Å². The van der Waals surface area contributed by atoms with Crippen molar-refractivity contribution in [3.63, 3.8) is 0 Å². The standard InChI is InChI=1S/C29H27Cl2N5O4/c1-4-39-25-14-18(12-13-24(25)40-15-19-20(30)8-7-9-21(19)31)27-26(17(2)34-29-32-16-33-36(27)29)28(37)35-22-10-5-6-11-23(22)38-3/h5-14,16,27H,4,15H2,1-3H3,(H,35,37)(H,32,33,34)/t27-/m1/s1. The van der Waals surface area contributed by atoms with Crippen LogP contribution in [0, 0.1) is 0 Å². The topological polar surface area (TPSA) is 99.5 Å². The number of fused-ring (bicyclic) bond motifs is 1. The number of carbonyl (C=O) groups is 1. The third-order valence-electron chi connectivity index (χ3n) is 6.41. The predicted molar refractivity (Wildman–Crippen MR) is 155 cm³/mol. The predicted octanol–water partition coefficient (Wildman–Crippen LogP) is 6.50. The quantitative estimate of drug-likeness (QED) is 0.233. The molecule has 0 aliphatic carbocycles. The van der Waals surface area contributed by atoms with Gasteiger partial charge in [-0.25, -0.2) is 4.68 Å². The smallest absolute Gasteiger partial charge is 0.255 e. The largest absolute Gasteiger partial charge is 0.495 e. The first-order valence-electron chi connectivity index (χ1n) is 12.5. The number of carbonyl (C=O) groups excluding carboxylic acids is 1. The maximum Gasteiger partial charge on any atom is 0.255 e. The zero-order valence-corrected chi connectivity index (χ0v) is 23.6. The lowest BCUT2D eigenvalue weighted by Gasteiger charge is -2.29. The van der Waals surface area contributed by atoms with Crippen LogP contribution in [0.3, 0.4) is 0 Å². The van der Waals surface area contributed by atoms with Crippen molar-refractivity contribution in [3.8, 4) is 17.2 Å². The minimum atomic E-state index is -0.597. The summed E-state index contributed by atoms with van der Waals surface area (Å²) in [4.78, 5) is 18.1. The summed E-state index contributed by atoms with van der Waals surface area (Å²) < 4.78 is 19.1. The lowest BCUT2D eigenvalue weighted by Crippen LogP contribution is -2.31. The van der Waals surface area contributed by atoms with Crippen molar-refractivity contribution >= 4 is 40.7 Å². The first-order valence-corrected chi connectivity index (χ1v) is 13.3. The van der Waals surface area contributed by atoms with Crippen LogP contribution in [0.25, 0.3) is 0 Å². The molecule has 0 radical (unpaired) electrons. The molecule has 5 rings (SSSR count). The highest BCUT2D eigenvalue weighted by Gasteiger charge is 2.34. The number of amides is 1. The van der Waals surface area contributed by atoms with Crippen LogP contribution >= 0.6 is 23.2 Å². The van der Waals surface area contributed by atoms with E-state index in [1.807, 2.05) is 38.1 Å². The van der Waals surface area contributed by atoms with Crippen molar-refractivity contribution in [2.24, 2.45) is 0 Å². The molecule has 9 nitrogen and oxygen atoms in total. The summed E-state index contributed by atoms with van der Waals surface area (Å²) in [5.74, 6) is 1.77. The molecule has 1 aromatic heterocycles. The minimum absolute atomic E-state index is 0.157. The lowest BCUT2D eigenvalue weighted by molar-refractivity contribution is -0.113. The van der Waals surface area contributed by atoms with E-state index in [-0.39, 0.29) is 12.5 Å². The van der Waals surface area contributed by atoms with Gasteiger partial charge in [-0.3, -0.25) is 4.79 Å². The maximum atomic E-state index is 13.8. The van der Waals surface area contributed by atoms with Crippen LogP contribution in [0.4, 0.5) is 11.6 Å². The Bertz CT molecular complexity index is 1570. The number of hydrogen-bond donors (Lipinski definition) is 2. The molecule has 1 aliphatic heterocycles. The van der Waals surface area contributed by atoms with Crippen LogP contribution in [0.5, 0.6) is 17.2 Å². The van der Waals surface area contributed by atoms with Gasteiger partial charge in [0, 0.05) is 21.3 Å². The average Bonchev–Trinajstić information content (AvgIpc) is 3.41. The van der Waals surface area contributed by atoms with Crippen molar-refractivity contribution in [2.45, 2.75) is 26.5 Å². The molecule has 206 valence electrons. The molecule has 2 heterocycles. The molecule has 40 heavy (non-hydrogen) atoms. The van der Waals surface area contributed by atoms with Gasteiger partial charge in [0.2, 0.25) is 5.95 Å². The Morgan fingerprint density at radius 1 is 1.02 bits per heavy atom. The number of nitrogens with one attached hydrogen (secondary N) is 2. The van der Waals surface area contributed by atoms with Gasteiger partial charge in [0.05, 0.1) is 25.0 Å². The first kappa shape index (κ1) is 27.4. The number of rotatable bonds is 9. The van der Waals surface area contributed by atoms with Crippen LogP contribution in [-0.4, -0.2) is 34.4 Å². The molecule has 0 saturated carbocycles. The fraction of sp³-hybridized carbons (Fsp3) is 0.207. The van der Waals surface area contributed by atoms with E-state index in [9.17, 15) is 4.79 Å². The molecule has 1 atom stereocenters. The van der Waals surface area contributed by atoms with Gasteiger partial charge in [-0.2, -0.15) is 10.1 Å². The van der Waals surface area contributed by atoms with Gasteiger partial charge in [-0.05, 0) is 55.8 Å². The minimum Gasteiger partial charge on any atom is -0.495 e. The molecule has 0 saturated heterocycles. The molecular weight excluding hydrogens is 553 g/mol. The van der Waals surface area contributed by atoms with Gasteiger partial charge >= 0.3 is 0 Å². The number of anilines is 2. The number of methoxy groups -OCH3 is 1. The summed E-state index contributed by atoms with van der Waals surface area (Å²) >= 11 is 12.7. The number of allylic oxidation sites excluding steroid dienone is 1. The molecule has 1 aliphatic rings. The Morgan fingerprint density at radius 3 is 2.55 bits per heavy atom. The van der Waals surface area contributed by atoms with Gasteiger partial charge in [0.1, 0.15) is 24.7 Å². The molecule has 0 unspecified atom stereocenters. The van der Waals surface area contributed by atoms with Crippen LogP contribution in [-0.2, 0) is 11.4 Å². The Balaban J connectivity index is 1.51. The molecule has 4 aromatic rings. The van der Waals surface area contributed by atoms with Crippen LogP contribution in [0.1, 0.15) is 31.0 Å². The summed E-state index contributed by atoms with van der Waals surface area (Å²) in [6.45, 7) is 4.28. The van der Waals surface area contributed by atoms with Crippen molar-refractivity contribution in [2.75, 3.05) is 24.4 Å². The Kier molecular flexibility index (Phi) is 8.14. The van der Waals surface area contributed by atoms with E-state index in [2.05, 4.69) is 20.7 Å². The number of halogens is 2. The summed E-state index contributed by atoms with van der Waals surface area (Å²) in [5, 5.41) is 11.6. The number of nitrogens with zero attached hydrogens (tertiary/aromatic N) is 3. The monoisotopic (exact) mass is 579 g/mol. The normalized spacial score (nSPS) is 14.3. The second-order valence-electron chi connectivity index (χ2n) is 8.88. The van der Waals surface area contributed by atoms with E-state index in [0.29, 0.717) is 62.4 Å². The number of ether oxygens (including phenoxy) is 3. The highest BCUT2D eigenvalue weighted by Crippen LogP contribution is 2.40. The van der Waals surface area contributed by atoms with E-state index in [4.69, 9.17) is 37.4 Å². The van der Waals surface area contributed by atoms with Crippen molar-refractivity contribution in [3.05, 3.63) is 99.4 Å². The molecule has 0 fully saturated rings. The Morgan fingerprint density at radius 2 is 1.80 bits per heavy atom. The molecule has 3 aromatic carbocycles. The summed E-state index contributed by atoms with van der Waals surface area (Å²) in [6.07, 6.45) is 1.44. The summed E-state index contributed by atoms with van der Waals surface area (Å²) in [7, 11) is 1.56. The summed E-state index contributed by atoms with van der Waals surface area (Å²) in [5.41, 5.74) is 3.09. The Labute approximate surface area is 241 Å². The third-order valence-corrected chi connectivity index (χ3v) is 7.12. The van der Waals surface area contributed by atoms with Crippen molar-refractivity contribution < 1.29 is 19.0 Å². The van der Waals surface area contributed by atoms with E-state index in [1.54, 1.807) is 48.2 Å². The number of aromatic nitrogens is 3. The van der Waals surface area contributed by atoms with Gasteiger partial charge in [0.25, 0.3) is 5.91 Å². The highest BCUT2D eigenvalue weighted by molar-refractivity contribution is 6.35. The average molecular weight is 580 g/mol. The molecule has 11 heteroatoms. The molecule has 0 bridgehead atoms. The van der Waals surface area contributed by atoms with E-state index in [1.165, 1.54) is 6.33 Å².